The lowest BCUT2D eigenvalue weighted by molar-refractivity contribution is 0.101. The Bertz CT molecular complexity index is 405. The molecule has 0 amide bonds. The summed E-state index contributed by atoms with van der Waals surface area (Å²) >= 11 is 0. The van der Waals surface area contributed by atoms with Crippen molar-refractivity contribution in [1.82, 2.24) is 4.98 Å². The molecule has 0 bridgehead atoms. The van der Waals surface area contributed by atoms with Gasteiger partial charge in [-0.25, -0.2) is 4.98 Å². The second-order valence-electron chi connectivity index (χ2n) is 2.66. The SMILES string of the molecule is CC(=O)c1cc(C#N)c(O)nc1C. The topological polar surface area (TPSA) is 74.0 Å². The molecule has 0 aliphatic heterocycles. The molecule has 1 aromatic heterocycles. The Morgan fingerprint density at radius 3 is 2.77 bits per heavy atom. The second kappa shape index (κ2) is 3.23. The number of rotatable bonds is 1. The van der Waals surface area contributed by atoms with Gasteiger partial charge in [-0.2, -0.15) is 5.26 Å². The first-order valence-electron chi connectivity index (χ1n) is 3.68. The highest BCUT2D eigenvalue weighted by Crippen LogP contribution is 2.17. The number of nitriles is 1. The van der Waals surface area contributed by atoms with Crippen molar-refractivity contribution in [2.45, 2.75) is 13.8 Å². The summed E-state index contributed by atoms with van der Waals surface area (Å²) in [6.45, 7) is 3.00. The number of aromatic hydroxyl groups is 1. The van der Waals surface area contributed by atoms with Gasteiger partial charge in [0.1, 0.15) is 11.6 Å². The van der Waals surface area contributed by atoms with E-state index in [9.17, 15) is 4.79 Å². The van der Waals surface area contributed by atoms with Crippen molar-refractivity contribution in [3.63, 3.8) is 0 Å². The van der Waals surface area contributed by atoms with E-state index < -0.39 is 0 Å². The zero-order chi connectivity index (χ0) is 10.0. The van der Waals surface area contributed by atoms with E-state index in [1.54, 1.807) is 13.0 Å². The fourth-order valence-electron chi connectivity index (χ4n) is 1.03. The Balaban J connectivity index is 3.41. The molecule has 0 saturated heterocycles. The Labute approximate surface area is 75.5 Å². The highest BCUT2D eigenvalue weighted by Gasteiger charge is 2.10. The fraction of sp³-hybridized carbons (Fsp3) is 0.222. The highest BCUT2D eigenvalue weighted by molar-refractivity contribution is 5.95. The quantitative estimate of drug-likeness (QED) is 0.652. The Kier molecular flexibility index (Phi) is 2.29. The van der Waals surface area contributed by atoms with Gasteiger partial charge < -0.3 is 5.11 Å². The standard InChI is InChI=1S/C9H8N2O2/c1-5-8(6(2)12)3-7(4-10)9(13)11-5/h3H,1-2H3,(H,11,13). The summed E-state index contributed by atoms with van der Waals surface area (Å²) in [5, 5.41) is 17.7. The molecule has 1 aromatic rings. The molecule has 0 radical (unpaired) electrons. The maximum Gasteiger partial charge on any atom is 0.229 e. The minimum Gasteiger partial charge on any atom is -0.492 e. The van der Waals surface area contributed by atoms with Crippen molar-refractivity contribution < 1.29 is 9.90 Å². The molecule has 4 nitrogen and oxygen atoms in total. The largest absolute Gasteiger partial charge is 0.492 e. The Morgan fingerprint density at radius 1 is 1.69 bits per heavy atom. The lowest BCUT2D eigenvalue weighted by atomic mass is 10.1. The summed E-state index contributed by atoms with van der Waals surface area (Å²) in [6, 6.07) is 3.10. The van der Waals surface area contributed by atoms with Crippen LogP contribution < -0.4 is 0 Å². The minimum absolute atomic E-state index is 0.0239. The van der Waals surface area contributed by atoms with E-state index in [-0.39, 0.29) is 17.2 Å². The number of aromatic nitrogens is 1. The molecule has 66 valence electrons. The molecular weight excluding hydrogens is 168 g/mol. The third kappa shape index (κ3) is 1.64. The number of hydrogen-bond donors (Lipinski definition) is 1. The molecule has 0 aliphatic rings. The van der Waals surface area contributed by atoms with Crippen molar-refractivity contribution in [2.24, 2.45) is 0 Å². The number of Topliss-reactive ketones (excluding diaryl/α,β-unsaturated/α-hetero) is 1. The number of carbonyl (C=O) groups excluding carboxylic acids is 1. The molecule has 0 spiro atoms. The fourth-order valence-corrected chi connectivity index (χ4v) is 1.03. The lowest BCUT2D eigenvalue weighted by Crippen LogP contribution is -2.00. The maximum absolute atomic E-state index is 11.0. The third-order valence-electron chi connectivity index (χ3n) is 1.69. The lowest BCUT2D eigenvalue weighted by Gasteiger charge is -2.02. The molecule has 1 N–H and O–H groups in total. The summed E-state index contributed by atoms with van der Waals surface area (Å²) in [7, 11) is 0. The van der Waals surface area contributed by atoms with Crippen LogP contribution in [0.5, 0.6) is 5.88 Å². The van der Waals surface area contributed by atoms with Crippen LogP contribution in [-0.2, 0) is 0 Å². The van der Waals surface area contributed by atoms with Crippen LogP contribution in [0.25, 0.3) is 0 Å². The van der Waals surface area contributed by atoms with Crippen molar-refractivity contribution >= 4 is 5.78 Å². The van der Waals surface area contributed by atoms with Gasteiger partial charge in [0.15, 0.2) is 5.78 Å². The van der Waals surface area contributed by atoms with E-state index in [0.717, 1.165) is 0 Å². The van der Waals surface area contributed by atoms with E-state index in [1.807, 2.05) is 0 Å². The smallest absolute Gasteiger partial charge is 0.229 e. The van der Waals surface area contributed by atoms with Crippen molar-refractivity contribution in [1.29, 1.82) is 5.26 Å². The highest BCUT2D eigenvalue weighted by atomic mass is 16.3. The normalized spacial score (nSPS) is 9.31. The van der Waals surface area contributed by atoms with Crippen molar-refractivity contribution in [2.75, 3.05) is 0 Å². The second-order valence-corrected chi connectivity index (χ2v) is 2.66. The first-order valence-corrected chi connectivity index (χ1v) is 3.68. The van der Waals surface area contributed by atoms with Crippen LogP contribution in [0.1, 0.15) is 28.5 Å². The van der Waals surface area contributed by atoms with Crippen molar-refractivity contribution in [3.8, 4) is 11.9 Å². The average Bonchev–Trinajstić information content (AvgIpc) is 2.03. The number of nitrogens with zero attached hydrogens (tertiary/aromatic N) is 2. The Hall–Kier alpha value is -1.89. The van der Waals surface area contributed by atoms with Gasteiger partial charge in [-0.05, 0) is 19.9 Å². The Morgan fingerprint density at radius 2 is 2.31 bits per heavy atom. The molecule has 13 heavy (non-hydrogen) atoms. The van der Waals surface area contributed by atoms with Gasteiger partial charge in [0.25, 0.3) is 0 Å². The summed E-state index contributed by atoms with van der Waals surface area (Å²) in [5.41, 5.74) is 0.828. The molecule has 1 rings (SSSR count). The number of aryl methyl sites for hydroxylation is 1. The molecule has 4 heteroatoms. The first kappa shape index (κ1) is 9.20. The zero-order valence-corrected chi connectivity index (χ0v) is 7.33. The molecule has 0 aliphatic carbocycles. The van der Waals surface area contributed by atoms with Crippen molar-refractivity contribution in [3.05, 3.63) is 22.9 Å². The molecular formula is C9H8N2O2. The number of ketones is 1. The van der Waals surface area contributed by atoms with Crippen LogP contribution in [0.3, 0.4) is 0 Å². The van der Waals surface area contributed by atoms with Gasteiger partial charge in [-0.1, -0.05) is 0 Å². The average molecular weight is 176 g/mol. The molecule has 1 heterocycles. The maximum atomic E-state index is 11.0. The number of hydrogen-bond acceptors (Lipinski definition) is 4. The van der Waals surface area contributed by atoms with E-state index in [2.05, 4.69) is 4.98 Å². The minimum atomic E-state index is -0.329. The third-order valence-corrected chi connectivity index (χ3v) is 1.69. The van der Waals surface area contributed by atoms with Gasteiger partial charge in [-0.3, -0.25) is 4.79 Å². The monoisotopic (exact) mass is 176 g/mol. The van der Waals surface area contributed by atoms with Gasteiger partial charge in [0.05, 0.1) is 5.69 Å². The van der Waals surface area contributed by atoms with Crippen LogP contribution >= 0.6 is 0 Å². The van der Waals surface area contributed by atoms with Gasteiger partial charge in [0, 0.05) is 5.56 Å². The van der Waals surface area contributed by atoms with Crippen LogP contribution in [0.2, 0.25) is 0 Å². The van der Waals surface area contributed by atoms with Crippen LogP contribution in [0, 0.1) is 18.3 Å². The van der Waals surface area contributed by atoms with E-state index >= 15 is 0 Å². The van der Waals surface area contributed by atoms with E-state index in [1.165, 1.54) is 13.0 Å². The summed E-state index contributed by atoms with van der Waals surface area (Å²) < 4.78 is 0. The van der Waals surface area contributed by atoms with Gasteiger partial charge in [0.2, 0.25) is 5.88 Å². The van der Waals surface area contributed by atoms with Crippen LogP contribution in [0.15, 0.2) is 6.07 Å². The van der Waals surface area contributed by atoms with Gasteiger partial charge in [-0.15, -0.1) is 0 Å². The molecule has 0 atom stereocenters. The molecule has 0 fully saturated rings. The van der Waals surface area contributed by atoms with Crippen LogP contribution in [-0.4, -0.2) is 15.9 Å². The predicted octanol–water partition coefficient (Wildman–Crippen LogP) is 1.17. The number of carbonyl (C=O) groups is 1. The molecule has 0 unspecified atom stereocenters. The summed E-state index contributed by atoms with van der Waals surface area (Å²) in [4.78, 5) is 14.7. The van der Waals surface area contributed by atoms with Gasteiger partial charge >= 0.3 is 0 Å². The summed E-state index contributed by atoms with van der Waals surface area (Å²) in [5.74, 6) is -0.494. The zero-order valence-electron chi connectivity index (χ0n) is 7.33. The molecule has 0 aromatic carbocycles. The number of pyridine rings is 1. The first-order chi connectivity index (χ1) is 6.06. The van der Waals surface area contributed by atoms with E-state index in [0.29, 0.717) is 11.3 Å². The predicted molar refractivity (Wildman–Crippen MR) is 45.4 cm³/mol. The summed E-state index contributed by atoms with van der Waals surface area (Å²) in [6.07, 6.45) is 0. The van der Waals surface area contributed by atoms with Crippen LogP contribution in [0.4, 0.5) is 0 Å². The van der Waals surface area contributed by atoms with E-state index in [4.69, 9.17) is 10.4 Å². The molecule has 0 saturated carbocycles.